The third kappa shape index (κ3) is 4.33. The predicted molar refractivity (Wildman–Crippen MR) is 104 cm³/mol. The number of nitrogens with one attached hydrogen (secondary N) is 1. The van der Waals surface area contributed by atoms with Crippen LogP contribution >= 0.6 is 0 Å². The molecule has 0 spiro atoms. The first-order valence-corrected chi connectivity index (χ1v) is 9.33. The lowest BCUT2D eigenvalue weighted by Gasteiger charge is -2.52. The molecule has 0 radical (unpaired) electrons. The molecule has 1 saturated carbocycles. The molecular formula is C21H29N3O3. The van der Waals surface area contributed by atoms with E-state index >= 15 is 0 Å². The monoisotopic (exact) mass is 371 g/mol. The standard InChI is InChI=1S/C21H29N3O3/c1-21(2)15(10-16-12-18(27-23-16)13-24(3)4)11-19(21)22-20(25)14-6-8-17(26-5)9-7-14/h6-9,12,15,19H,10-11,13H2,1-5H3,(H,22,25)/t15-,19+/m1/s1. The molecular weight excluding hydrogens is 342 g/mol. The number of hydrogen-bond acceptors (Lipinski definition) is 5. The van der Waals surface area contributed by atoms with Crippen LogP contribution in [0.2, 0.25) is 0 Å². The Morgan fingerprint density at radius 1 is 1.33 bits per heavy atom. The Balaban J connectivity index is 1.55. The zero-order valence-corrected chi connectivity index (χ0v) is 16.8. The van der Waals surface area contributed by atoms with Gasteiger partial charge >= 0.3 is 0 Å². The van der Waals surface area contributed by atoms with Gasteiger partial charge in [-0.25, -0.2) is 0 Å². The van der Waals surface area contributed by atoms with Crippen molar-refractivity contribution < 1.29 is 14.1 Å². The van der Waals surface area contributed by atoms with Crippen LogP contribution in [0.25, 0.3) is 0 Å². The van der Waals surface area contributed by atoms with Gasteiger partial charge in [0.15, 0.2) is 5.76 Å². The van der Waals surface area contributed by atoms with Gasteiger partial charge in [-0.15, -0.1) is 0 Å². The van der Waals surface area contributed by atoms with Crippen LogP contribution in [-0.2, 0) is 13.0 Å². The van der Waals surface area contributed by atoms with Crippen molar-refractivity contribution in [3.8, 4) is 5.75 Å². The maximum Gasteiger partial charge on any atom is 0.251 e. The summed E-state index contributed by atoms with van der Waals surface area (Å²) in [5.74, 6) is 2.06. The molecule has 1 N–H and O–H groups in total. The van der Waals surface area contributed by atoms with Crippen LogP contribution in [0.3, 0.4) is 0 Å². The van der Waals surface area contributed by atoms with Crippen molar-refractivity contribution in [3.05, 3.63) is 47.3 Å². The first-order chi connectivity index (χ1) is 12.8. The number of carbonyl (C=O) groups excluding carboxylic acids is 1. The van der Waals surface area contributed by atoms with E-state index in [1.807, 2.05) is 20.2 Å². The Labute approximate surface area is 160 Å². The van der Waals surface area contributed by atoms with Crippen molar-refractivity contribution in [2.75, 3.05) is 21.2 Å². The van der Waals surface area contributed by atoms with Crippen LogP contribution in [0.1, 0.15) is 42.1 Å². The molecule has 0 bridgehead atoms. The van der Waals surface area contributed by atoms with Crippen molar-refractivity contribution in [1.29, 1.82) is 0 Å². The van der Waals surface area contributed by atoms with Gasteiger partial charge in [-0.3, -0.25) is 4.79 Å². The normalized spacial score (nSPS) is 21.0. The molecule has 6 nitrogen and oxygen atoms in total. The Bertz CT molecular complexity index is 780. The summed E-state index contributed by atoms with van der Waals surface area (Å²) in [5.41, 5.74) is 1.66. The molecule has 27 heavy (non-hydrogen) atoms. The van der Waals surface area contributed by atoms with Gasteiger partial charge in [0, 0.05) is 17.7 Å². The molecule has 3 rings (SSSR count). The van der Waals surface area contributed by atoms with Gasteiger partial charge in [-0.05, 0) is 62.5 Å². The lowest BCUT2D eigenvalue weighted by Crippen LogP contribution is -2.58. The molecule has 2 aromatic rings. The number of ether oxygens (including phenoxy) is 1. The number of carbonyl (C=O) groups is 1. The van der Waals surface area contributed by atoms with E-state index in [0.717, 1.165) is 36.6 Å². The van der Waals surface area contributed by atoms with E-state index in [1.165, 1.54) is 0 Å². The predicted octanol–water partition coefficient (Wildman–Crippen LogP) is 3.13. The van der Waals surface area contributed by atoms with Gasteiger partial charge in [-0.1, -0.05) is 19.0 Å². The van der Waals surface area contributed by atoms with Gasteiger partial charge in [-0.2, -0.15) is 0 Å². The van der Waals surface area contributed by atoms with Gasteiger partial charge in [0.2, 0.25) is 0 Å². The first-order valence-electron chi connectivity index (χ1n) is 9.33. The van der Waals surface area contributed by atoms with E-state index < -0.39 is 0 Å². The number of amides is 1. The van der Waals surface area contributed by atoms with Crippen LogP contribution < -0.4 is 10.1 Å². The highest BCUT2D eigenvalue weighted by Gasteiger charge is 2.48. The zero-order valence-electron chi connectivity index (χ0n) is 16.8. The average molecular weight is 371 g/mol. The van der Waals surface area contributed by atoms with Crippen molar-refractivity contribution in [1.82, 2.24) is 15.4 Å². The largest absolute Gasteiger partial charge is 0.497 e. The molecule has 0 saturated heterocycles. The quantitative estimate of drug-likeness (QED) is 0.810. The third-order valence-corrected chi connectivity index (χ3v) is 5.66. The number of rotatable bonds is 7. The molecule has 1 heterocycles. The second-order valence-corrected chi connectivity index (χ2v) is 8.24. The number of aromatic nitrogens is 1. The van der Waals surface area contributed by atoms with Gasteiger partial charge in [0.1, 0.15) is 5.75 Å². The SMILES string of the molecule is COc1ccc(C(=O)N[C@H]2C[C@@H](Cc3cc(CN(C)C)on3)C2(C)C)cc1. The first kappa shape index (κ1) is 19.4. The van der Waals surface area contributed by atoms with Crippen molar-refractivity contribution >= 4 is 5.91 Å². The fraction of sp³-hybridized carbons (Fsp3) is 0.524. The minimum atomic E-state index is -0.0381. The molecule has 1 amide bonds. The molecule has 146 valence electrons. The van der Waals surface area contributed by atoms with E-state index in [9.17, 15) is 4.79 Å². The zero-order chi connectivity index (χ0) is 19.6. The Hall–Kier alpha value is -2.34. The molecule has 6 heteroatoms. The average Bonchev–Trinajstić information content (AvgIpc) is 3.07. The van der Waals surface area contributed by atoms with E-state index in [2.05, 4.69) is 29.2 Å². The van der Waals surface area contributed by atoms with Crippen LogP contribution in [-0.4, -0.2) is 43.2 Å². The fourth-order valence-electron chi connectivity index (χ4n) is 3.68. The lowest BCUT2D eigenvalue weighted by atomic mass is 9.57. The second kappa shape index (κ2) is 7.72. The Kier molecular flexibility index (Phi) is 5.56. The van der Waals surface area contributed by atoms with Crippen LogP contribution in [0.15, 0.2) is 34.9 Å². The smallest absolute Gasteiger partial charge is 0.251 e. The summed E-state index contributed by atoms with van der Waals surface area (Å²) >= 11 is 0. The highest BCUT2D eigenvalue weighted by molar-refractivity contribution is 5.94. The minimum Gasteiger partial charge on any atom is -0.497 e. The number of methoxy groups -OCH3 is 1. The maximum atomic E-state index is 12.5. The minimum absolute atomic E-state index is 0.0167. The second-order valence-electron chi connectivity index (χ2n) is 8.24. The molecule has 0 aliphatic heterocycles. The van der Waals surface area contributed by atoms with E-state index in [4.69, 9.17) is 9.26 Å². The summed E-state index contributed by atoms with van der Waals surface area (Å²) in [6, 6.07) is 9.39. The molecule has 1 fully saturated rings. The molecule has 2 atom stereocenters. The summed E-state index contributed by atoms with van der Waals surface area (Å²) in [6.07, 6.45) is 1.82. The summed E-state index contributed by atoms with van der Waals surface area (Å²) in [5, 5.41) is 7.38. The van der Waals surface area contributed by atoms with Crippen molar-refractivity contribution in [3.63, 3.8) is 0 Å². The van der Waals surface area contributed by atoms with Crippen LogP contribution in [0.5, 0.6) is 5.75 Å². The Morgan fingerprint density at radius 2 is 2.04 bits per heavy atom. The molecule has 1 aromatic heterocycles. The fourth-order valence-corrected chi connectivity index (χ4v) is 3.68. The van der Waals surface area contributed by atoms with Crippen molar-refractivity contribution in [2.24, 2.45) is 11.3 Å². The molecule has 1 aromatic carbocycles. The van der Waals surface area contributed by atoms with Crippen LogP contribution in [0.4, 0.5) is 0 Å². The third-order valence-electron chi connectivity index (χ3n) is 5.66. The molecule has 1 aliphatic carbocycles. The van der Waals surface area contributed by atoms with E-state index in [0.29, 0.717) is 11.5 Å². The van der Waals surface area contributed by atoms with Crippen molar-refractivity contribution in [2.45, 2.75) is 39.3 Å². The summed E-state index contributed by atoms with van der Waals surface area (Å²) in [4.78, 5) is 14.6. The van der Waals surface area contributed by atoms with E-state index in [1.54, 1.807) is 31.4 Å². The number of nitrogens with zero attached hydrogens (tertiary/aromatic N) is 2. The topological polar surface area (TPSA) is 67.6 Å². The highest BCUT2D eigenvalue weighted by Crippen LogP contribution is 2.47. The number of hydrogen-bond donors (Lipinski definition) is 1. The number of benzene rings is 1. The molecule has 1 aliphatic rings. The van der Waals surface area contributed by atoms with Crippen LogP contribution in [0, 0.1) is 11.3 Å². The van der Waals surface area contributed by atoms with Gasteiger partial charge < -0.3 is 19.5 Å². The lowest BCUT2D eigenvalue weighted by molar-refractivity contribution is 0.0138. The summed E-state index contributed by atoms with van der Waals surface area (Å²) in [6.45, 7) is 5.17. The maximum absolute atomic E-state index is 12.5. The molecule has 0 unspecified atom stereocenters. The summed E-state index contributed by atoms with van der Waals surface area (Å²) in [7, 11) is 5.63. The highest BCUT2D eigenvalue weighted by atomic mass is 16.5. The summed E-state index contributed by atoms with van der Waals surface area (Å²) < 4.78 is 10.6. The van der Waals surface area contributed by atoms with Gasteiger partial charge in [0.05, 0.1) is 19.3 Å². The van der Waals surface area contributed by atoms with Gasteiger partial charge in [0.25, 0.3) is 5.91 Å². The Morgan fingerprint density at radius 3 is 2.63 bits per heavy atom. The van der Waals surface area contributed by atoms with E-state index in [-0.39, 0.29) is 17.4 Å².